The van der Waals surface area contributed by atoms with Gasteiger partial charge in [-0.05, 0) is 19.1 Å². The summed E-state index contributed by atoms with van der Waals surface area (Å²) >= 11 is 0. The summed E-state index contributed by atoms with van der Waals surface area (Å²) < 4.78 is 4.99. The molecule has 0 saturated carbocycles. The summed E-state index contributed by atoms with van der Waals surface area (Å²) in [5.74, 6) is 0. The summed E-state index contributed by atoms with van der Waals surface area (Å²) in [4.78, 5) is 4.27. The number of nitrogens with two attached hydrogens (primary N) is 1. The van der Waals surface area contributed by atoms with Crippen LogP contribution in [0.15, 0.2) is 16.7 Å². The Kier molecular flexibility index (Phi) is 1.55. The maximum absolute atomic E-state index is 5.45. The normalized spacial score (nSPS) is 10.8. The van der Waals surface area contributed by atoms with Crippen molar-refractivity contribution in [2.24, 2.45) is 5.73 Å². The lowest BCUT2D eigenvalue weighted by molar-refractivity contribution is 0.450. The van der Waals surface area contributed by atoms with Gasteiger partial charge in [-0.25, -0.2) is 4.98 Å². The summed E-state index contributed by atoms with van der Waals surface area (Å²) in [6.45, 7) is 2.31. The molecule has 0 unspecified atom stereocenters. The molecule has 0 saturated heterocycles. The highest BCUT2D eigenvalue weighted by molar-refractivity contribution is 5.74. The van der Waals surface area contributed by atoms with Crippen molar-refractivity contribution in [2.75, 3.05) is 0 Å². The molecular formula is C8H9N3O. The predicted molar refractivity (Wildman–Crippen MR) is 44.4 cm³/mol. The van der Waals surface area contributed by atoms with Gasteiger partial charge in [-0.2, -0.15) is 0 Å². The summed E-state index contributed by atoms with van der Waals surface area (Å²) in [5, 5.41) is 3.79. The smallest absolute Gasteiger partial charge is 0.185 e. The number of fused-ring (bicyclic) bond motifs is 1. The second kappa shape index (κ2) is 2.57. The van der Waals surface area contributed by atoms with Gasteiger partial charge in [0.1, 0.15) is 11.2 Å². The van der Waals surface area contributed by atoms with Crippen molar-refractivity contribution in [3.05, 3.63) is 23.5 Å². The van der Waals surface area contributed by atoms with Gasteiger partial charge in [-0.3, -0.25) is 0 Å². The molecule has 4 nitrogen and oxygen atoms in total. The van der Waals surface area contributed by atoms with Crippen LogP contribution in [-0.4, -0.2) is 10.1 Å². The molecule has 0 aliphatic carbocycles. The van der Waals surface area contributed by atoms with Crippen molar-refractivity contribution in [1.29, 1.82) is 0 Å². The van der Waals surface area contributed by atoms with Crippen LogP contribution in [0.1, 0.15) is 11.4 Å². The molecule has 0 radical (unpaired) electrons. The Labute approximate surface area is 69.4 Å². The Morgan fingerprint density at radius 3 is 3.08 bits per heavy atom. The van der Waals surface area contributed by atoms with E-state index in [1.165, 1.54) is 0 Å². The first kappa shape index (κ1) is 7.24. The van der Waals surface area contributed by atoms with Gasteiger partial charge in [-0.1, -0.05) is 5.16 Å². The third kappa shape index (κ3) is 0.967. The van der Waals surface area contributed by atoms with Crippen molar-refractivity contribution in [3.63, 3.8) is 0 Å². The van der Waals surface area contributed by atoms with Gasteiger partial charge in [0.15, 0.2) is 5.58 Å². The first-order valence-corrected chi connectivity index (χ1v) is 3.73. The largest absolute Gasteiger partial charge is 0.354 e. The fraction of sp³-hybridized carbons (Fsp3) is 0.250. The fourth-order valence-corrected chi connectivity index (χ4v) is 1.09. The van der Waals surface area contributed by atoms with E-state index >= 15 is 0 Å². The Balaban J connectivity index is 2.71. The molecule has 2 heterocycles. The van der Waals surface area contributed by atoms with E-state index in [0.29, 0.717) is 12.1 Å². The molecule has 2 N–H and O–H groups in total. The third-order valence-corrected chi connectivity index (χ3v) is 1.75. The Morgan fingerprint density at radius 1 is 1.50 bits per heavy atom. The molecule has 12 heavy (non-hydrogen) atoms. The van der Waals surface area contributed by atoms with E-state index < -0.39 is 0 Å². The van der Waals surface area contributed by atoms with Crippen molar-refractivity contribution in [1.82, 2.24) is 10.1 Å². The lowest BCUT2D eigenvalue weighted by Crippen LogP contribution is -1.98. The summed E-state index contributed by atoms with van der Waals surface area (Å²) in [6, 6.07) is 3.68. The summed E-state index contributed by atoms with van der Waals surface area (Å²) in [7, 11) is 0. The second-order valence-electron chi connectivity index (χ2n) is 2.62. The first-order valence-electron chi connectivity index (χ1n) is 3.73. The number of pyridine rings is 1. The molecule has 0 amide bonds. The van der Waals surface area contributed by atoms with E-state index in [2.05, 4.69) is 10.1 Å². The van der Waals surface area contributed by atoms with Gasteiger partial charge in [0.25, 0.3) is 0 Å². The number of hydrogen-bond donors (Lipinski definition) is 1. The monoisotopic (exact) mass is 163 g/mol. The van der Waals surface area contributed by atoms with E-state index in [0.717, 1.165) is 16.9 Å². The van der Waals surface area contributed by atoms with Crippen LogP contribution in [0.3, 0.4) is 0 Å². The van der Waals surface area contributed by atoms with E-state index in [9.17, 15) is 0 Å². The first-order chi connectivity index (χ1) is 5.81. The van der Waals surface area contributed by atoms with Crippen molar-refractivity contribution >= 4 is 11.1 Å². The van der Waals surface area contributed by atoms with Crippen LogP contribution in [0.2, 0.25) is 0 Å². The van der Waals surface area contributed by atoms with Gasteiger partial charge >= 0.3 is 0 Å². The van der Waals surface area contributed by atoms with Crippen molar-refractivity contribution in [2.45, 2.75) is 13.5 Å². The lowest BCUT2D eigenvalue weighted by Gasteiger charge is -1.93. The minimum absolute atomic E-state index is 0.445. The Hall–Kier alpha value is -1.42. The molecule has 0 aliphatic heterocycles. The molecule has 2 rings (SSSR count). The highest BCUT2D eigenvalue weighted by Crippen LogP contribution is 2.15. The average Bonchev–Trinajstić information content (AvgIpc) is 2.47. The van der Waals surface area contributed by atoms with E-state index in [1.54, 1.807) is 0 Å². The van der Waals surface area contributed by atoms with Crippen LogP contribution in [0.25, 0.3) is 11.1 Å². The SMILES string of the molecule is Cc1noc2ccc(CN)nc12. The van der Waals surface area contributed by atoms with Gasteiger partial charge in [0.05, 0.1) is 5.69 Å². The van der Waals surface area contributed by atoms with Crippen LogP contribution in [0, 0.1) is 6.92 Å². The standard InChI is InChI=1S/C8H9N3O/c1-5-8-7(12-11-5)3-2-6(4-9)10-8/h2-3H,4,9H2,1H3. The van der Waals surface area contributed by atoms with E-state index in [-0.39, 0.29) is 0 Å². The second-order valence-corrected chi connectivity index (χ2v) is 2.62. The third-order valence-electron chi connectivity index (χ3n) is 1.75. The Morgan fingerprint density at radius 2 is 2.33 bits per heavy atom. The number of hydrogen-bond acceptors (Lipinski definition) is 4. The van der Waals surface area contributed by atoms with E-state index in [1.807, 2.05) is 19.1 Å². The number of nitrogens with zero attached hydrogens (tertiary/aromatic N) is 2. The van der Waals surface area contributed by atoms with Crippen LogP contribution in [0.5, 0.6) is 0 Å². The summed E-state index contributed by atoms with van der Waals surface area (Å²) in [5.41, 5.74) is 8.62. The molecule has 0 bridgehead atoms. The lowest BCUT2D eigenvalue weighted by atomic mass is 10.3. The van der Waals surface area contributed by atoms with E-state index in [4.69, 9.17) is 10.3 Å². The molecule has 62 valence electrons. The van der Waals surface area contributed by atoms with Gasteiger partial charge in [0.2, 0.25) is 0 Å². The minimum Gasteiger partial charge on any atom is -0.354 e. The summed E-state index contributed by atoms with van der Waals surface area (Å²) in [6.07, 6.45) is 0. The highest BCUT2D eigenvalue weighted by atomic mass is 16.5. The van der Waals surface area contributed by atoms with Gasteiger partial charge in [-0.15, -0.1) is 0 Å². The van der Waals surface area contributed by atoms with Crippen LogP contribution in [-0.2, 0) is 6.54 Å². The molecule has 0 atom stereocenters. The molecule has 0 aromatic carbocycles. The molecule has 0 spiro atoms. The molecule has 0 fully saturated rings. The van der Waals surface area contributed by atoms with Crippen molar-refractivity contribution < 1.29 is 4.52 Å². The van der Waals surface area contributed by atoms with Crippen LogP contribution < -0.4 is 5.73 Å². The van der Waals surface area contributed by atoms with Gasteiger partial charge < -0.3 is 10.3 Å². The molecule has 4 heteroatoms. The molecular weight excluding hydrogens is 154 g/mol. The van der Waals surface area contributed by atoms with Crippen LogP contribution >= 0.6 is 0 Å². The molecule has 2 aromatic heterocycles. The quantitative estimate of drug-likeness (QED) is 0.680. The zero-order valence-corrected chi connectivity index (χ0v) is 6.74. The fourth-order valence-electron chi connectivity index (χ4n) is 1.09. The number of rotatable bonds is 1. The molecule has 2 aromatic rings. The van der Waals surface area contributed by atoms with Crippen LogP contribution in [0.4, 0.5) is 0 Å². The van der Waals surface area contributed by atoms with Crippen molar-refractivity contribution in [3.8, 4) is 0 Å². The maximum atomic E-state index is 5.45. The Bertz CT molecular complexity index is 408. The minimum atomic E-state index is 0.445. The van der Waals surface area contributed by atoms with Gasteiger partial charge in [0, 0.05) is 6.54 Å². The number of aryl methyl sites for hydroxylation is 1. The molecule has 0 aliphatic rings. The zero-order chi connectivity index (χ0) is 8.55. The number of aromatic nitrogens is 2. The highest BCUT2D eigenvalue weighted by Gasteiger charge is 2.04. The zero-order valence-electron chi connectivity index (χ0n) is 6.74. The maximum Gasteiger partial charge on any atom is 0.185 e. The average molecular weight is 163 g/mol. The predicted octanol–water partition coefficient (Wildman–Crippen LogP) is 0.990. The topological polar surface area (TPSA) is 64.9 Å².